The lowest BCUT2D eigenvalue weighted by atomic mass is 10.0. The van der Waals surface area contributed by atoms with E-state index in [1.54, 1.807) is 48.5 Å². The number of ether oxygens (including phenoxy) is 1. The van der Waals surface area contributed by atoms with Crippen LogP contribution in [0.25, 0.3) is 6.08 Å². The minimum atomic E-state index is -0.879. The Bertz CT molecular complexity index is 1300. The van der Waals surface area contributed by atoms with Gasteiger partial charge in [0.25, 0.3) is 11.8 Å². The van der Waals surface area contributed by atoms with Gasteiger partial charge >= 0.3 is 5.97 Å². The lowest BCUT2D eigenvalue weighted by molar-refractivity contribution is -0.137. The molecule has 4 rings (SSSR count). The molecular weight excluding hydrogens is 432 g/mol. The first-order valence-electron chi connectivity index (χ1n) is 10.9. The van der Waals surface area contributed by atoms with Crippen molar-refractivity contribution in [3.8, 4) is 5.75 Å². The Morgan fingerprint density at radius 3 is 2.59 bits per heavy atom. The first kappa shape index (κ1) is 22.8. The summed E-state index contributed by atoms with van der Waals surface area (Å²) in [4.78, 5) is 36.7. The summed E-state index contributed by atoms with van der Waals surface area (Å²) in [7, 11) is 0. The number of fused-ring (bicyclic) bond motifs is 1. The normalized spacial score (nSPS) is 12.1. The van der Waals surface area contributed by atoms with Gasteiger partial charge in [0.1, 0.15) is 12.4 Å². The van der Waals surface area contributed by atoms with Gasteiger partial charge in [-0.1, -0.05) is 35.9 Å². The van der Waals surface area contributed by atoms with Crippen LogP contribution in [0.5, 0.6) is 5.75 Å². The van der Waals surface area contributed by atoms with E-state index in [1.165, 1.54) is 0 Å². The van der Waals surface area contributed by atoms with Crippen molar-refractivity contribution in [1.82, 2.24) is 0 Å². The SMILES string of the molecule is Cc1ccc2c(c1)C=C(C(=O)Nc1ccccc1C(=O)Nc1cccc(CCC(=O)O)c1)CO2. The third-order valence-electron chi connectivity index (χ3n) is 5.40. The molecule has 0 spiro atoms. The average Bonchev–Trinajstić information content (AvgIpc) is 2.82. The fourth-order valence-electron chi connectivity index (χ4n) is 3.68. The van der Waals surface area contributed by atoms with Crippen molar-refractivity contribution in [3.63, 3.8) is 0 Å². The molecule has 34 heavy (non-hydrogen) atoms. The molecule has 3 N–H and O–H groups in total. The number of carbonyl (C=O) groups is 3. The van der Waals surface area contributed by atoms with Crippen LogP contribution in [-0.4, -0.2) is 29.5 Å². The van der Waals surface area contributed by atoms with E-state index < -0.39 is 5.97 Å². The fourth-order valence-corrected chi connectivity index (χ4v) is 3.68. The van der Waals surface area contributed by atoms with E-state index in [-0.39, 0.29) is 24.8 Å². The van der Waals surface area contributed by atoms with Crippen molar-refractivity contribution < 1.29 is 24.2 Å². The first-order chi connectivity index (χ1) is 16.4. The Labute approximate surface area is 197 Å². The van der Waals surface area contributed by atoms with E-state index in [9.17, 15) is 14.4 Å². The van der Waals surface area contributed by atoms with E-state index in [0.29, 0.717) is 28.9 Å². The van der Waals surface area contributed by atoms with Crippen molar-refractivity contribution in [3.05, 3.63) is 94.6 Å². The number of anilines is 2. The molecule has 1 aliphatic heterocycles. The monoisotopic (exact) mass is 456 g/mol. The van der Waals surface area contributed by atoms with E-state index in [1.807, 2.05) is 31.2 Å². The second-order valence-corrected chi connectivity index (χ2v) is 8.05. The molecule has 0 saturated heterocycles. The number of amides is 2. The topological polar surface area (TPSA) is 105 Å². The Balaban J connectivity index is 1.49. The highest BCUT2D eigenvalue weighted by molar-refractivity contribution is 6.13. The van der Waals surface area contributed by atoms with Gasteiger partial charge < -0.3 is 20.5 Å². The van der Waals surface area contributed by atoms with Crippen LogP contribution in [0.4, 0.5) is 11.4 Å². The summed E-state index contributed by atoms with van der Waals surface area (Å²) in [5.41, 5.74) is 4.40. The van der Waals surface area contributed by atoms with Gasteiger partial charge in [-0.2, -0.15) is 0 Å². The number of para-hydroxylation sites is 1. The summed E-state index contributed by atoms with van der Waals surface area (Å²) >= 11 is 0. The molecule has 0 saturated carbocycles. The molecule has 3 aromatic rings. The van der Waals surface area contributed by atoms with Gasteiger partial charge in [-0.05, 0) is 61.4 Å². The number of nitrogens with one attached hydrogen (secondary N) is 2. The van der Waals surface area contributed by atoms with Crippen molar-refractivity contribution in [2.24, 2.45) is 0 Å². The van der Waals surface area contributed by atoms with E-state index in [4.69, 9.17) is 9.84 Å². The number of carboxylic acids is 1. The molecule has 0 bridgehead atoms. The molecule has 7 heteroatoms. The lowest BCUT2D eigenvalue weighted by Crippen LogP contribution is -2.23. The second kappa shape index (κ2) is 10.0. The quantitative estimate of drug-likeness (QED) is 0.479. The molecule has 0 aliphatic carbocycles. The number of rotatable bonds is 7. The summed E-state index contributed by atoms with van der Waals surface area (Å²) < 4.78 is 5.71. The maximum atomic E-state index is 13.0. The third kappa shape index (κ3) is 5.50. The Hall–Kier alpha value is -4.39. The van der Waals surface area contributed by atoms with Gasteiger partial charge in [0.05, 0.1) is 16.8 Å². The van der Waals surface area contributed by atoms with Gasteiger partial charge in [0, 0.05) is 17.7 Å². The zero-order valence-corrected chi connectivity index (χ0v) is 18.6. The van der Waals surface area contributed by atoms with Gasteiger partial charge in [0.15, 0.2) is 0 Å². The molecule has 172 valence electrons. The van der Waals surface area contributed by atoms with Gasteiger partial charge in [0.2, 0.25) is 0 Å². The fraction of sp³-hybridized carbons (Fsp3) is 0.148. The number of aliphatic carboxylic acids is 1. The molecular formula is C27H24N2O5. The van der Waals surface area contributed by atoms with Gasteiger partial charge in [-0.15, -0.1) is 0 Å². The first-order valence-corrected chi connectivity index (χ1v) is 10.9. The third-order valence-corrected chi connectivity index (χ3v) is 5.40. The van der Waals surface area contributed by atoms with Crippen molar-refractivity contribution in [1.29, 1.82) is 0 Å². The van der Waals surface area contributed by atoms with Crippen molar-refractivity contribution in [2.75, 3.05) is 17.2 Å². The molecule has 0 radical (unpaired) electrons. The highest BCUT2D eigenvalue weighted by Gasteiger charge is 2.20. The van der Waals surface area contributed by atoms with Crippen LogP contribution >= 0.6 is 0 Å². The smallest absolute Gasteiger partial charge is 0.303 e. The number of carbonyl (C=O) groups excluding carboxylic acids is 2. The number of hydrogen-bond acceptors (Lipinski definition) is 4. The Morgan fingerprint density at radius 2 is 1.76 bits per heavy atom. The summed E-state index contributed by atoms with van der Waals surface area (Å²) in [6.07, 6.45) is 2.17. The van der Waals surface area contributed by atoms with E-state index in [2.05, 4.69) is 10.6 Å². The molecule has 0 fully saturated rings. The number of aryl methyl sites for hydroxylation is 2. The number of benzene rings is 3. The van der Waals surface area contributed by atoms with Crippen LogP contribution in [-0.2, 0) is 16.0 Å². The van der Waals surface area contributed by atoms with E-state index >= 15 is 0 Å². The van der Waals surface area contributed by atoms with Crippen LogP contribution < -0.4 is 15.4 Å². The number of hydrogen-bond donors (Lipinski definition) is 3. The van der Waals surface area contributed by atoms with E-state index in [0.717, 1.165) is 22.4 Å². The minimum Gasteiger partial charge on any atom is -0.488 e. The minimum absolute atomic E-state index is 0.00980. The highest BCUT2D eigenvalue weighted by Crippen LogP contribution is 2.28. The summed E-state index contributed by atoms with van der Waals surface area (Å²) in [6.45, 7) is 2.11. The van der Waals surface area contributed by atoms with Crippen molar-refractivity contribution in [2.45, 2.75) is 19.8 Å². The van der Waals surface area contributed by atoms with Crippen LogP contribution in [0.2, 0.25) is 0 Å². The lowest BCUT2D eigenvalue weighted by Gasteiger charge is -2.19. The molecule has 0 unspecified atom stereocenters. The number of carboxylic acid groups (broad SMARTS) is 1. The van der Waals surface area contributed by atoms with Crippen LogP contribution in [0.15, 0.2) is 72.3 Å². The van der Waals surface area contributed by atoms with Gasteiger partial charge in [-0.25, -0.2) is 0 Å². The van der Waals surface area contributed by atoms with Crippen LogP contribution in [0, 0.1) is 6.92 Å². The highest BCUT2D eigenvalue weighted by atomic mass is 16.5. The van der Waals surface area contributed by atoms with Crippen molar-refractivity contribution >= 4 is 35.2 Å². The summed E-state index contributed by atoms with van der Waals surface area (Å²) in [6, 6.07) is 19.6. The standard InChI is InChI=1S/C27H24N2O5/c1-17-9-11-24-19(13-17)15-20(16-34-24)26(32)29-23-8-3-2-7-22(23)27(33)28-21-6-4-5-18(14-21)10-12-25(30)31/h2-9,11,13-15H,10,12,16H2,1H3,(H,28,33)(H,29,32)(H,30,31). The Morgan fingerprint density at radius 1 is 0.941 bits per heavy atom. The molecule has 1 heterocycles. The average molecular weight is 456 g/mol. The largest absolute Gasteiger partial charge is 0.488 e. The zero-order valence-electron chi connectivity index (χ0n) is 18.6. The molecule has 2 amide bonds. The maximum Gasteiger partial charge on any atom is 0.303 e. The van der Waals surface area contributed by atoms with Crippen LogP contribution in [0.3, 0.4) is 0 Å². The molecule has 0 atom stereocenters. The zero-order chi connectivity index (χ0) is 24.1. The maximum absolute atomic E-state index is 13.0. The summed E-state index contributed by atoms with van der Waals surface area (Å²) in [5, 5.41) is 14.5. The molecule has 3 aromatic carbocycles. The van der Waals surface area contributed by atoms with Crippen LogP contribution in [0.1, 0.15) is 33.5 Å². The predicted molar refractivity (Wildman–Crippen MR) is 130 cm³/mol. The molecule has 0 aromatic heterocycles. The Kier molecular flexibility index (Phi) is 6.73. The molecule has 7 nitrogen and oxygen atoms in total. The second-order valence-electron chi connectivity index (χ2n) is 8.05. The summed E-state index contributed by atoms with van der Waals surface area (Å²) in [5.74, 6) is -0.882. The van der Waals surface area contributed by atoms with Gasteiger partial charge in [-0.3, -0.25) is 14.4 Å². The predicted octanol–water partition coefficient (Wildman–Crippen LogP) is 4.68. The molecule has 1 aliphatic rings.